The fraction of sp³-hybridized carbons (Fsp3) is 0.667. The molecule has 0 aromatic rings. The van der Waals surface area contributed by atoms with Gasteiger partial charge in [0.05, 0.1) is 0 Å². The van der Waals surface area contributed by atoms with Crippen LogP contribution in [0.1, 0.15) is 26.2 Å². The molecular formula is C6H9Si. The summed E-state index contributed by atoms with van der Waals surface area (Å²) in [6, 6.07) is 0. The summed E-state index contributed by atoms with van der Waals surface area (Å²) in [6.07, 6.45) is 3.48. The van der Waals surface area contributed by atoms with Crippen molar-refractivity contribution in [3.8, 4) is 11.5 Å². The average Bonchev–Trinajstić information content (AvgIpc) is 1.69. The molecule has 0 spiro atoms. The standard InChI is InChI=1S/C6H9Si/c1-2-3-4-5-6-7/h2-4H2,1H3. The van der Waals surface area contributed by atoms with Crippen LogP contribution in [0.25, 0.3) is 0 Å². The van der Waals surface area contributed by atoms with Crippen molar-refractivity contribution in [2.75, 3.05) is 0 Å². The molecule has 0 aromatic heterocycles. The third-order valence-electron chi connectivity index (χ3n) is 0.744. The van der Waals surface area contributed by atoms with E-state index >= 15 is 0 Å². The van der Waals surface area contributed by atoms with Gasteiger partial charge in [0.15, 0.2) is 0 Å². The first-order valence-corrected chi connectivity index (χ1v) is 3.06. The molecular weight excluding hydrogens is 100 g/mol. The normalized spacial score (nSPS) is 7.14. The monoisotopic (exact) mass is 109 g/mol. The second-order valence-electron chi connectivity index (χ2n) is 1.41. The second kappa shape index (κ2) is 5.78. The molecule has 0 amide bonds. The quantitative estimate of drug-likeness (QED) is 0.285. The smallest absolute Gasteiger partial charge is 0.138 e. The summed E-state index contributed by atoms with van der Waals surface area (Å²) < 4.78 is 0. The van der Waals surface area contributed by atoms with Crippen molar-refractivity contribution in [2.45, 2.75) is 26.2 Å². The van der Waals surface area contributed by atoms with Gasteiger partial charge in [0.25, 0.3) is 0 Å². The van der Waals surface area contributed by atoms with E-state index in [2.05, 4.69) is 28.6 Å². The Morgan fingerprint density at radius 3 is 2.71 bits per heavy atom. The van der Waals surface area contributed by atoms with Crippen molar-refractivity contribution < 1.29 is 0 Å². The predicted octanol–water partition coefficient (Wildman–Crippen LogP) is 1.31. The zero-order chi connectivity index (χ0) is 5.54. The van der Waals surface area contributed by atoms with Gasteiger partial charge in [0.1, 0.15) is 10.2 Å². The molecule has 7 heavy (non-hydrogen) atoms. The minimum atomic E-state index is 1.03. The van der Waals surface area contributed by atoms with Crippen LogP contribution in [-0.2, 0) is 0 Å². The van der Waals surface area contributed by atoms with E-state index in [-0.39, 0.29) is 0 Å². The van der Waals surface area contributed by atoms with E-state index in [9.17, 15) is 0 Å². The lowest BCUT2D eigenvalue weighted by Gasteiger charge is -1.80. The first-order valence-electron chi connectivity index (χ1n) is 2.56. The van der Waals surface area contributed by atoms with Gasteiger partial charge in [-0.25, -0.2) is 0 Å². The molecule has 0 heterocycles. The zero-order valence-corrected chi connectivity index (χ0v) is 5.62. The van der Waals surface area contributed by atoms with Gasteiger partial charge in [0.2, 0.25) is 0 Å². The molecule has 0 fully saturated rings. The first-order chi connectivity index (χ1) is 3.41. The molecule has 0 aliphatic heterocycles. The molecule has 0 aromatic carbocycles. The molecule has 3 radical (unpaired) electrons. The summed E-state index contributed by atoms with van der Waals surface area (Å²) in [4.78, 5) is 0. The summed E-state index contributed by atoms with van der Waals surface area (Å²) in [5, 5.41) is 0. The molecule has 0 aliphatic carbocycles. The van der Waals surface area contributed by atoms with E-state index < -0.39 is 0 Å². The van der Waals surface area contributed by atoms with Gasteiger partial charge in [-0.05, 0) is 6.42 Å². The Bertz CT molecular complexity index is 75.9. The summed E-state index contributed by atoms with van der Waals surface area (Å²) in [5.74, 6) is 2.91. The van der Waals surface area contributed by atoms with Crippen LogP contribution in [0.3, 0.4) is 0 Å². The van der Waals surface area contributed by atoms with E-state index in [0.717, 1.165) is 6.42 Å². The molecule has 0 bridgehead atoms. The average molecular weight is 109 g/mol. The lowest BCUT2D eigenvalue weighted by atomic mass is 10.3. The second-order valence-corrected chi connectivity index (χ2v) is 1.66. The Balaban J connectivity index is 2.78. The molecule has 0 rings (SSSR count). The van der Waals surface area contributed by atoms with Crippen LogP contribution in [-0.4, -0.2) is 10.2 Å². The number of hydrogen-bond acceptors (Lipinski definition) is 0. The molecule has 0 saturated heterocycles. The van der Waals surface area contributed by atoms with Gasteiger partial charge in [-0.3, -0.25) is 0 Å². The maximum atomic E-state index is 3.06. The van der Waals surface area contributed by atoms with Gasteiger partial charge >= 0.3 is 0 Å². The lowest BCUT2D eigenvalue weighted by molar-refractivity contribution is 0.828. The number of unbranched alkanes of at least 4 members (excludes halogenated alkanes) is 2. The molecule has 0 nitrogen and oxygen atoms in total. The van der Waals surface area contributed by atoms with E-state index in [1.165, 1.54) is 12.8 Å². The largest absolute Gasteiger partial charge is 0.147 e. The van der Waals surface area contributed by atoms with Gasteiger partial charge < -0.3 is 0 Å². The molecule has 0 N–H and O–H groups in total. The van der Waals surface area contributed by atoms with Crippen LogP contribution >= 0.6 is 0 Å². The van der Waals surface area contributed by atoms with Crippen molar-refractivity contribution in [3.05, 3.63) is 0 Å². The summed E-state index contributed by atoms with van der Waals surface area (Å²) >= 11 is 0. The number of hydrogen-bond donors (Lipinski definition) is 0. The van der Waals surface area contributed by atoms with Crippen molar-refractivity contribution >= 4 is 10.2 Å². The van der Waals surface area contributed by atoms with Gasteiger partial charge in [0, 0.05) is 6.42 Å². The van der Waals surface area contributed by atoms with Crippen LogP contribution in [0.4, 0.5) is 0 Å². The predicted molar refractivity (Wildman–Crippen MR) is 33.1 cm³/mol. The molecule has 0 atom stereocenters. The number of rotatable bonds is 2. The topological polar surface area (TPSA) is 0 Å². The van der Waals surface area contributed by atoms with Gasteiger partial charge in [-0.2, -0.15) is 0 Å². The first kappa shape index (κ1) is 6.78. The van der Waals surface area contributed by atoms with Crippen LogP contribution < -0.4 is 0 Å². The molecule has 1 heteroatoms. The zero-order valence-electron chi connectivity index (χ0n) is 4.62. The Kier molecular flexibility index (Phi) is 5.59. The van der Waals surface area contributed by atoms with Crippen LogP contribution in [0.15, 0.2) is 0 Å². The Morgan fingerprint density at radius 2 is 2.29 bits per heavy atom. The fourth-order valence-corrected chi connectivity index (χ4v) is 0.453. The Hall–Kier alpha value is -0.223. The Morgan fingerprint density at radius 1 is 1.57 bits per heavy atom. The van der Waals surface area contributed by atoms with Crippen LogP contribution in [0.2, 0.25) is 0 Å². The molecule has 0 unspecified atom stereocenters. The van der Waals surface area contributed by atoms with Crippen molar-refractivity contribution in [1.82, 2.24) is 0 Å². The highest BCUT2D eigenvalue weighted by Gasteiger charge is 1.72. The Labute approximate surface area is 48.7 Å². The minimum absolute atomic E-state index is 1.03. The molecule has 0 saturated carbocycles. The molecule has 37 valence electrons. The summed E-state index contributed by atoms with van der Waals surface area (Å²) in [7, 11) is 3.06. The third-order valence-corrected chi connectivity index (χ3v) is 0.920. The lowest BCUT2D eigenvalue weighted by Crippen LogP contribution is -1.65. The fourth-order valence-electron chi connectivity index (χ4n) is 0.328. The third kappa shape index (κ3) is 5.78. The highest BCUT2D eigenvalue weighted by Crippen LogP contribution is 1.89. The maximum Gasteiger partial charge on any atom is 0.147 e. The van der Waals surface area contributed by atoms with E-state index in [1.54, 1.807) is 0 Å². The van der Waals surface area contributed by atoms with Gasteiger partial charge in [-0.1, -0.05) is 13.3 Å². The SMILES string of the molecule is CCCCC#C[Si]. The highest BCUT2D eigenvalue weighted by molar-refractivity contribution is 6.22. The van der Waals surface area contributed by atoms with Crippen molar-refractivity contribution in [3.63, 3.8) is 0 Å². The summed E-state index contributed by atoms with van der Waals surface area (Å²) in [5.41, 5.74) is 2.66. The van der Waals surface area contributed by atoms with E-state index in [1.807, 2.05) is 0 Å². The van der Waals surface area contributed by atoms with Crippen LogP contribution in [0, 0.1) is 11.5 Å². The molecule has 0 aliphatic rings. The van der Waals surface area contributed by atoms with E-state index in [0.29, 0.717) is 0 Å². The van der Waals surface area contributed by atoms with Crippen LogP contribution in [0.5, 0.6) is 0 Å². The maximum absolute atomic E-state index is 3.06. The van der Waals surface area contributed by atoms with Crippen molar-refractivity contribution in [2.24, 2.45) is 0 Å². The highest BCUT2D eigenvalue weighted by atomic mass is 28.1. The minimum Gasteiger partial charge on any atom is -0.138 e. The van der Waals surface area contributed by atoms with Gasteiger partial charge in [-0.15, -0.1) is 11.5 Å². The van der Waals surface area contributed by atoms with E-state index in [4.69, 9.17) is 0 Å². The summed E-state index contributed by atoms with van der Waals surface area (Å²) in [6.45, 7) is 2.16. The van der Waals surface area contributed by atoms with Crippen molar-refractivity contribution in [1.29, 1.82) is 0 Å².